The number of anilines is 1. The van der Waals surface area contributed by atoms with E-state index in [0.717, 1.165) is 30.9 Å². The Morgan fingerprint density at radius 1 is 1.29 bits per heavy atom. The van der Waals surface area contributed by atoms with E-state index in [4.69, 9.17) is 5.11 Å². The second-order valence-corrected chi connectivity index (χ2v) is 6.23. The molecule has 0 radical (unpaired) electrons. The lowest BCUT2D eigenvalue weighted by Crippen LogP contribution is -2.33. The number of nitrogens with zero attached hydrogens (tertiary/aromatic N) is 1. The molecule has 6 heteroatoms. The van der Waals surface area contributed by atoms with E-state index in [9.17, 15) is 4.79 Å². The van der Waals surface area contributed by atoms with Gasteiger partial charge in [-0.05, 0) is 18.1 Å². The number of nitrogens with one attached hydrogen (secondary N) is 2. The molecule has 2 amide bonds. The first-order valence-electron chi connectivity index (χ1n) is 7.33. The van der Waals surface area contributed by atoms with Gasteiger partial charge in [-0.25, -0.2) is 4.79 Å². The molecule has 0 atom stereocenters. The van der Waals surface area contributed by atoms with Crippen molar-refractivity contribution >= 4 is 23.5 Å². The molecule has 1 aliphatic heterocycles. The van der Waals surface area contributed by atoms with Crippen molar-refractivity contribution in [3.8, 4) is 0 Å². The minimum atomic E-state index is -0.218. The average molecular weight is 309 g/mol. The number of hydrogen-bond acceptors (Lipinski definition) is 4. The van der Waals surface area contributed by atoms with Crippen molar-refractivity contribution in [2.45, 2.75) is 13.0 Å². The van der Waals surface area contributed by atoms with Crippen LogP contribution < -0.4 is 10.6 Å². The monoisotopic (exact) mass is 309 g/mol. The summed E-state index contributed by atoms with van der Waals surface area (Å²) in [5.74, 6) is 2.36. The van der Waals surface area contributed by atoms with Crippen molar-refractivity contribution in [3.05, 3.63) is 29.8 Å². The van der Waals surface area contributed by atoms with E-state index in [-0.39, 0.29) is 12.6 Å². The summed E-state index contributed by atoms with van der Waals surface area (Å²) >= 11 is 1.99. The predicted molar refractivity (Wildman–Crippen MR) is 87.8 cm³/mol. The summed E-state index contributed by atoms with van der Waals surface area (Å²) in [6.45, 7) is 3.63. The van der Waals surface area contributed by atoms with Crippen LogP contribution in [-0.4, -0.2) is 53.8 Å². The number of carbonyl (C=O) groups excluding carboxylic acids is 1. The molecule has 5 nitrogen and oxygen atoms in total. The normalized spacial score (nSPS) is 15.7. The van der Waals surface area contributed by atoms with Crippen molar-refractivity contribution in [1.29, 1.82) is 0 Å². The van der Waals surface area contributed by atoms with Crippen molar-refractivity contribution in [3.63, 3.8) is 0 Å². The number of urea groups is 1. The third-order valence-corrected chi connectivity index (χ3v) is 4.33. The maximum Gasteiger partial charge on any atom is 0.319 e. The highest BCUT2D eigenvalue weighted by Crippen LogP contribution is 2.19. The van der Waals surface area contributed by atoms with Gasteiger partial charge in [0.15, 0.2) is 0 Å². The summed E-state index contributed by atoms with van der Waals surface area (Å²) in [5, 5.41) is 14.3. The largest absolute Gasteiger partial charge is 0.396 e. The highest BCUT2D eigenvalue weighted by Gasteiger charge is 2.13. The van der Waals surface area contributed by atoms with Gasteiger partial charge in [-0.3, -0.25) is 4.90 Å². The van der Waals surface area contributed by atoms with Gasteiger partial charge in [-0.1, -0.05) is 18.2 Å². The van der Waals surface area contributed by atoms with Gasteiger partial charge in [0, 0.05) is 50.0 Å². The number of hydrogen-bond donors (Lipinski definition) is 3. The predicted octanol–water partition coefficient (Wildman–Crippen LogP) is 1.74. The molecule has 1 aromatic rings. The molecule has 0 spiro atoms. The highest BCUT2D eigenvalue weighted by atomic mass is 32.2. The number of aliphatic hydroxyl groups is 1. The molecule has 1 fully saturated rings. The maximum absolute atomic E-state index is 11.8. The SMILES string of the molecule is O=C(NCCCO)Nc1ccccc1CN1CCSCC1. The quantitative estimate of drug-likeness (QED) is 0.700. The van der Waals surface area contributed by atoms with Gasteiger partial charge in [0.2, 0.25) is 0 Å². The summed E-state index contributed by atoms with van der Waals surface area (Å²) in [4.78, 5) is 14.2. The summed E-state index contributed by atoms with van der Waals surface area (Å²) in [7, 11) is 0. The molecular formula is C15H23N3O2S. The van der Waals surface area contributed by atoms with Crippen molar-refractivity contribution in [1.82, 2.24) is 10.2 Å². The molecule has 0 unspecified atom stereocenters. The van der Waals surface area contributed by atoms with E-state index in [2.05, 4.69) is 21.6 Å². The zero-order chi connectivity index (χ0) is 14.9. The molecule has 1 aliphatic rings. The fourth-order valence-electron chi connectivity index (χ4n) is 2.23. The van der Waals surface area contributed by atoms with E-state index in [1.807, 2.05) is 30.0 Å². The second-order valence-electron chi connectivity index (χ2n) is 5.00. The molecule has 21 heavy (non-hydrogen) atoms. The lowest BCUT2D eigenvalue weighted by atomic mass is 10.1. The Morgan fingerprint density at radius 3 is 2.81 bits per heavy atom. The molecule has 0 aromatic heterocycles. The minimum Gasteiger partial charge on any atom is -0.396 e. The van der Waals surface area contributed by atoms with Gasteiger partial charge in [0.05, 0.1) is 0 Å². The van der Waals surface area contributed by atoms with Crippen LogP contribution in [0.4, 0.5) is 10.5 Å². The van der Waals surface area contributed by atoms with Crippen molar-refractivity contribution in [2.75, 3.05) is 43.1 Å². The Morgan fingerprint density at radius 2 is 2.05 bits per heavy atom. The zero-order valence-electron chi connectivity index (χ0n) is 12.2. The molecule has 116 valence electrons. The van der Waals surface area contributed by atoms with Gasteiger partial charge < -0.3 is 15.7 Å². The van der Waals surface area contributed by atoms with E-state index in [1.54, 1.807) is 0 Å². The van der Waals surface area contributed by atoms with Gasteiger partial charge in [-0.15, -0.1) is 0 Å². The van der Waals surface area contributed by atoms with Gasteiger partial charge in [0.25, 0.3) is 0 Å². The second kappa shape index (κ2) is 8.92. The number of amides is 2. The first kappa shape index (κ1) is 16.1. The topological polar surface area (TPSA) is 64.6 Å². The van der Waals surface area contributed by atoms with Crippen LogP contribution in [0.1, 0.15) is 12.0 Å². The van der Waals surface area contributed by atoms with Crippen LogP contribution in [0.2, 0.25) is 0 Å². The zero-order valence-corrected chi connectivity index (χ0v) is 13.0. The number of thioether (sulfide) groups is 1. The third-order valence-electron chi connectivity index (χ3n) is 3.38. The molecule has 0 bridgehead atoms. The Labute approximate surface area is 130 Å². The standard InChI is InChI=1S/C15H23N3O2S/c19-9-3-6-16-15(20)17-14-5-2-1-4-13(14)12-18-7-10-21-11-8-18/h1-2,4-5,19H,3,6-12H2,(H2,16,17,20). The molecule has 2 rings (SSSR count). The lowest BCUT2D eigenvalue weighted by Gasteiger charge is -2.27. The fourth-order valence-corrected chi connectivity index (χ4v) is 3.21. The van der Waals surface area contributed by atoms with Crippen LogP contribution in [0.3, 0.4) is 0 Å². The van der Waals surface area contributed by atoms with Crippen LogP contribution in [-0.2, 0) is 6.54 Å². The van der Waals surface area contributed by atoms with Crippen LogP contribution in [0.15, 0.2) is 24.3 Å². The van der Waals surface area contributed by atoms with Gasteiger partial charge in [-0.2, -0.15) is 11.8 Å². The fraction of sp³-hybridized carbons (Fsp3) is 0.533. The average Bonchev–Trinajstić information content (AvgIpc) is 2.51. The highest BCUT2D eigenvalue weighted by molar-refractivity contribution is 7.99. The van der Waals surface area contributed by atoms with E-state index >= 15 is 0 Å². The van der Waals surface area contributed by atoms with Crippen LogP contribution >= 0.6 is 11.8 Å². The minimum absolute atomic E-state index is 0.0871. The summed E-state index contributed by atoms with van der Waals surface area (Å²) in [6, 6.07) is 7.71. The van der Waals surface area contributed by atoms with Crippen molar-refractivity contribution in [2.24, 2.45) is 0 Å². The molecular weight excluding hydrogens is 286 g/mol. The summed E-state index contributed by atoms with van der Waals surface area (Å²) < 4.78 is 0. The molecule has 0 saturated carbocycles. The van der Waals surface area contributed by atoms with Crippen LogP contribution in [0.25, 0.3) is 0 Å². The first-order valence-corrected chi connectivity index (χ1v) is 8.49. The molecule has 1 heterocycles. The van der Waals surface area contributed by atoms with Gasteiger partial charge in [0.1, 0.15) is 0 Å². The summed E-state index contributed by atoms with van der Waals surface area (Å²) in [5.41, 5.74) is 2.00. The number of para-hydroxylation sites is 1. The Bertz CT molecular complexity index is 450. The van der Waals surface area contributed by atoms with Crippen LogP contribution in [0.5, 0.6) is 0 Å². The molecule has 0 aliphatic carbocycles. The third kappa shape index (κ3) is 5.57. The van der Waals surface area contributed by atoms with Crippen molar-refractivity contribution < 1.29 is 9.90 Å². The summed E-state index contributed by atoms with van der Waals surface area (Å²) in [6.07, 6.45) is 0.570. The molecule has 1 saturated heterocycles. The molecule has 3 N–H and O–H groups in total. The number of rotatable bonds is 6. The Hall–Kier alpha value is -1.24. The number of carbonyl (C=O) groups is 1. The Kier molecular flexibility index (Phi) is 6.85. The van der Waals surface area contributed by atoms with E-state index in [0.29, 0.717) is 13.0 Å². The lowest BCUT2D eigenvalue weighted by molar-refractivity contribution is 0.248. The van der Waals surface area contributed by atoms with E-state index in [1.165, 1.54) is 11.5 Å². The number of benzene rings is 1. The molecule has 1 aromatic carbocycles. The van der Waals surface area contributed by atoms with Crippen LogP contribution in [0, 0.1) is 0 Å². The first-order chi connectivity index (χ1) is 10.3. The Balaban J connectivity index is 1.91. The smallest absolute Gasteiger partial charge is 0.319 e. The number of aliphatic hydroxyl groups excluding tert-OH is 1. The maximum atomic E-state index is 11.8. The van der Waals surface area contributed by atoms with Gasteiger partial charge >= 0.3 is 6.03 Å². The van der Waals surface area contributed by atoms with E-state index < -0.39 is 0 Å².